The quantitative estimate of drug-likeness (QED) is 0.688. The van der Waals surface area contributed by atoms with Crippen LogP contribution in [-0.2, 0) is 0 Å². The summed E-state index contributed by atoms with van der Waals surface area (Å²) < 4.78 is 27.1. The van der Waals surface area contributed by atoms with E-state index in [1.807, 2.05) is 0 Å². The molecule has 3 rings (SSSR count). The van der Waals surface area contributed by atoms with Gasteiger partial charge in [0.15, 0.2) is 0 Å². The Balaban J connectivity index is 1.75. The number of hydrogen-bond donors (Lipinski definition) is 1. The lowest BCUT2D eigenvalue weighted by Crippen LogP contribution is -2.42. The third-order valence-corrected chi connectivity index (χ3v) is 4.41. The minimum Gasteiger partial charge on any atom is -0.380 e. The van der Waals surface area contributed by atoms with E-state index in [1.165, 1.54) is 6.42 Å². The molecule has 1 aromatic carbocycles. The molecule has 1 aromatic rings. The van der Waals surface area contributed by atoms with Crippen molar-refractivity contribution in [3.05, 3.63) is 33.9 Å². The second-order valence-corrected chi connectivity index (χ2v) is 5.74. The summed E-state index contributed by atoms with van der Waals surface area (Å²) in [5.41, 5.74) is -0.684. The molecular weight excluding hydrogens is 280 g/mol. The van der Waals surface area contributed by atoms with Crippen molar-refractivity contribution >= 4 is 11.4 Å². The first-order valence-electron chi connectivity index (χ1n) is 7.18. The predicted molar refractivity (Wildman–Crippen MR) is 74.3 cm³/mol. The van der Waals surface area contributed by atoms with Gasteiger partial charge in [-0.1, -0.05) is 0 Å². The molecule has 1 N–H and O–H groups in total. The first-order valence-corrected chi connectivity index (χ1v) is 7.18. The number of nitro benzene ring substituents is 1. The van der Waals surface area contributed by atoms with Gasteiger partial charge in [-0.2, -0.15) is 4.39 Å². The molecule has 0 saturated carbocycles. The third kappa shape index (κ3) is 2.83. The Labute approximate surface area is 121 Å². The van der Waals surface area contributed by atoms with Crippen molar-refractivity contribution in [1.82, 2.24) is 4.90 Å². The molecule has 2 unspecified atom stereocenters. The van der Waals surface area contributed by atoms with Crippen molar-refractivity contribution < 1.29 is 13.7 Å². The van der Waals surface area contributed by atoms with E-state index in [4.69, 9.17) is 0 Å². The van der Waals surface area contributed by atoms with E-state index in [-0.39, 0.29) is 11.7 Å². The lowest BCUT2D eigenvalue weighted by molar-refractivity contribution is -0.387. The summed E-state index contributed by atoms with van der Waals surface area (Å²) in [5, 5.41) is 13.7. The normalized spacial score (nSPS) is 25.6. The Kier molecular flexibility index (Phi) is 3.75. The molecule has 0 spiro atoms. The Morgan fingerprint density at radius 1 is 1.24 bits per heavy atom. The van der Waals surface area contributed by atoms with Gasteiger partial charge in [0.1, 0.15) is 5.82 Å². The number of nitro groups is 1. The number of benzene rings is 1. The Morgan fingerprint density at radius 2 is 2.05 bits per heavy atom. The number of nitrogens with one attached hydrogen (secondary N) is 1. The number of piperidine rings is 1. The molecule has 5 nitrogen and oxygen atoms in total. The Hall–Kier alpha value is -1.76. The predicted octanol–water partition coefficient (Wildman–Crippen LogP) is 2.91. The second-order valence-electron chi connectivity index (χ2n) is 5.74. The van der Waals surface area contributed by atoms with Gasteiger partial charge >= 0.3 is 5.69 Å². The average Bonchev–Trinajstić information content (AvgIpc) is 2.88. The first-order chi connectivity index (χ1) is 10.0. The van der Waals surface area contributed by atoms with Gasteiger partial charge in [-0.25, -0.2) is 4.39 Å². The third-order valence-electron chi connectivity index (χ3n) is 4.41. The molecule has 2 aliphatic rings. The number of rotatable bonds is 3. The molecule has 2 atom stereocenters. The van der Waals surface area contributed by atoms with Crippen molar-refractivity contribution in [2.24, 2.45) is 0 Å². The smallest absolute Gasteiger partial charge is 0.307 e. The van der Waals surface area contributed by atoms with Crippen LogP contribution in [0.5, 0.6) is 0 Å². The van der Waals surface area contributed by atoms with Crippen LogP contribution in [0.2, 0.25) is 0 Å². The van der Waals surface area contributed by atoms with E-state index in [0.29, 0.717) is 12.1 Å². The lowest BCUT2D eigenvalue weighted by atomic mass is 9.97. The number of hydrogen-bond acceptors (Lipinski definition) is 4. The fraction of sp³-hybridized carbons (Fsp3) is 0.571. The molecular formula is C14H17F2N3O2. The molecule has 0 amide bonds. The summed E-state index contributed by atoms with van der Waals surface area (Å²) in [6, 6.07) is 2.11. The highest BCUT2D eigenvalue weighted by molar-refractivity contribution is 5.53. The van der Waals surface area contributed by atoms with Crippen LogP contribution in [0.15, 0.2) is 12.1 Å². The molecule has 114 valence electrons. The van der Waals surface area contributed by atoms with Crippen molar-refractivity contribution in [3.8, 4) is 0 Å². The molecule has 0 radical (unpaired) electrons. The van der Waals surface area contributed by atoms with Crippen LogP contribution in [0.1, 0.15) is 25.7 Å². The Morgan fingerprint density at radius 3 is 2.81 bits per heavy atom. The monoisotopic (exact) mass is 297 g/mol. The zero-order valence-corrected chi connectivity index (χ0v) is 11.5. The van der Waals surface area contributed by atoms with Crippen LogP contribution in [0.4, 0.5) is 20.2 Å². The molecule has 0 aliphatic carbocycles. The van der Waals surface area contributed by atoms with Crippen molar-refractivity contribution in [2.75, 3.05) is 18.4 Å². The van der Waals surface area contributed by atoms with Crippen LogP contribution in [0.25, 0.3) is 0 Å². The summed E-state index contributed by atoms with van der Waals surface area (Å²) in [6.07, 6.45) is 4.09. The van der Waals surface area contributed by atoms with Crippen LogP contribution < -0.4 is 5.32 Å². The van der Waals surface area contributed by atoms with Gasteiger partial charge in [0.2, 0.25) is 5.82 Å². The number of fused-ring (bicyclic) bond motifs is 1. The van der Waals surface area contributed by atoms with Crippen molar-refractivity contribution in [2.45, 2.75) is 37.8 Å². The zero-order valence-electron chi connectivity index (χ0n) is 11.5. The maximum absolute atomic E-state index is 13.8. The van der Waals surface area contributed by atoms with Gasteiger partial charge < -0.3 is 10.2 Å². The molecule has 7 heteroatoms. The fourth-order valence-corrected chi connectivity index (χ4v) is 3.36. The number of halogens is 2. The standard InChI is InChI=1S/C14H17F2N3O2/c15-11-7-12(16)14(19(20)21)8-13(11)17-9-3-5-18-4-1-2-10(18)6-9/h7-10,17H,1-6H2. The largest absolute Gasteiger partial charge is 0.380 e. The van der Waals surface area contributed by atoms with Crippen LogP contribution in [0.3, 0.4) is 0 Å². The van der Waals surface area contributed by atoms with Gasteiger partial charge in [-0.15, -0.1) is 0 Å². The topological polar surface area (TPSA) is 58.4 Å². The molecule has 2 fully saturated rings. The molecule has 2 aliphatic heterocycles. The summed E-state index contributed by atoms with van der Waals surface area (Å²) in [7, 11) is 0. The van der Waals surface area contributed by atoms with Gasteiger partial charge in [0.25, 0.3) is 0 Å². The molecule has 2 heterocycles. The van der Waals surface area contributed by atoms with Gasteiger partial charge in [-0.3, -0.25) is 10.1 Å². The van der Waals surface area contributed by atoms with Gasteiger partial charge in [0.05, 0.1) is 10.6 Å². The van der Waals surface area contributed by atoms with Gasteiger partial charge in [0, 0.05) is 30.8 Å². The fourth-order valence-electron chi connectivity index (χ4n) is 3.36. The van der Waals surface area contributed by atoms with E-state index in [2.05, 4.69) is 10.2 Å². The number of anilines is 1. The van der Waals surface area contributed by atoms with Crippen molar-refractivity contribution in [1.29, 1.82) is 0 Å². The summed E-state index contributed by atoms with van der Waals surface area (Å²) >= 11 is 0. The SMILES string of the molecule is O=[N+]([O-])c1cc(NC2CCN3CCCC3C2)c(F)cc1F. The van der Waals surface area contributed by atoms with Crippen LogP contribution in [-0.4, -0.2) is 35.0 Å². The summed E-state index contributed by atoms with van der Waals surface area (Å²) in [4.78, 5) is 12.3. The maximum Gasteiger partial charge on any atom is 0.307 e. The highest BCUT2D eigenvalue weighted by atomic mass is 19.1. The molecule has 2 saturated heterocycles. The van der Waals surface area contributed by atoms with E-state index < -0.39 is 22.2 Å². The molecule has 21 heavy (non-hydrogen) atoms. The van der Waals surface area contributed by atoms with E-state index >= 15 is 0 Å². The van der Waals surface area contributed by atoms with Crippen molar-refractivity contribution in [3.63, 3.8) is 0 Å². The summed E-state index contributed by atoms with van der Waals surface area (Å²) in [6.45, 7) is 2.07. The maximum atomic E-state index is 13.8. The first kappa shape index (κ1) is 14.2. The zero-order chi connectivity index (χ0) is 15.0. The lowest BCUT2D eigenvalue weighted by Gasteiger charge is -2.35. The molecule has 0 bridgehead atoms. The highest BCUT2D eigenvalue weighted by Gasteiger charge is 2.32. The van der Waals surface area contributed by atoms with E-state index in [0.717, 1.165) is 38.4 Å². The minimum absolute atomic E-state index is 0.0135. The highest BCUT2D eigenvalue weighted by Crippen LogP contribution is 2.31. The Bertz CT molecular complexity index is 567. The van der Waals surface area contributed by atoms with Crippen LogP contribution in [0, 0.1) is 21.7 Å². The van der Waals surface area contributed by atoms with Gasteiger partial charge in [-0.05, 0) is 32.2 Å². The minimum atomic E-state index is -1.14. The van der Waals surface area contributed by atoms with E-state index in [9.17, 15) is 18.9 Å². The second kappa shape index (κ2) is 5.55. The number of nitrogens with zero attached hydrogens (tertiary/aromatic N) is 2. The van der Waals surface area contributed by atoms with E-state index in [1.54, 1.807) is 0 Å². The average molecular weight is 297 g/mol. The molecule has 0 aromatic heterocycles. The van der Waals surface area contributed by atoms with Crippen LogP contribution >= 0.6 is 0 Å². The summed E-state index contributed by atoms with van der Waals surface area (Å²) in [5.74, 6) is -1.93.